The van der Waals surface area contributed by atoms with Crippen molar-refractivity contribution in [1.82, 2.24) is 24.4 Å². The molecule has 0 bridgehead atoms. The summed E-state index contributed by atoms with van der Waals surface area (Å²) < 4.78 is 13.6. The third-order valence-corrected chi connectivity index (χ3v) is 6.69. The molecule has 3 aromatic rings. The minimum absolute atomic E-state index is 0.306. The lowest BCUT2D eigenvalue weighted by atomic mass is 10.0. The highest BCUT2D eigenvalue weighted by molar-refractivity contribution is 5.78. The van der Waals surface area contributed by atoms with Gasteiger partial charge in [0.25, 0.3) is 0 Å². The van der Waals surface area contributed by atoms with Gasteiger partial charge in [0.1, 0.15) is 35.9 Å². The van der Waals surface area contributed by atoms with Crippen molar-refractivity contribution in [2.45, 2.75) is 77.0 Å². The Labute approximate surface area is 203 Å². The van der Waals surface area contributed by atoms with E-state index >= 15 is 0 Å². The maximum atomic E-state index is 12.6. The number of amides is 1. The smallest absolute Gasteiger partial charge is 0.410 e. The molecule has 1 aliphatic carbocycles. The Hall–Kier alpha value is -3.24. The van der Waals surface area contributed by atoms with Crippen molar-refractivity contribution in [3.8, 4) is 5.88 Å². The Morgan fingerprint density at radius 2 is 1.94 bits per heavy atom. The molecule has 10 nitrogen and oxygen atoms in total. The third-order valence-electron chi connectivity index (χ3n) is 6.69. The maximum absolute atomic E-state index is 12.6. The van der Waals surface area contributed by atoms with Gasteiger partial charge in [-0.05, 0) is 51.8 Å². The van der Waals surface area contributed by atoms with Gasteiger partial charge in [-0.3, -0.25) is 0 Å². The molecule has 1 saturated carbocycles. The molecule has 0 spiro atoms. The fourth-order valence-electron chi connectivity index (χ4n) is 4.89. The van der Waals surface area contributed by atoms with Crippen LogP contribution in [0.3, 0.4) is 0 Å². The van der Waals surface area contributed by atoms with Gasteiger partial charge in [0.15, 0.2) is 0 Å². The number of carbonyl (C=O) groups is 1. The molecule has 1 amide bonds. The number of aliphatic hydroxyl groups is 2. The van der Waals surface area contributed by atoms with E-state index in [1.807, 2.05) is 50.6 Å². The van der Waals surface area contributed by atoms with Crippen molar-refractivity contribution in [1.29, 1.82) is 0 Å². The van der Waals surface area contributed by atoms with Crippen LogP contribution in [0.5, 0.6) is 5.88 Å². The number of pyridine rings is 1. The van der Waals surface area contributed by atoms with Gasteiger partial charge >= 0.3 is 6.09 Å². The minimum atomic E-state index is -1.11. The summed E-state index contributed by atoms with van der Waals surface area (Å²) in [5.41, 5.74) is 2.81. The highest BCUT2D eigenvalue weighted by Gasteiger charge is 2.45. The molecule has 0 aromatic carbocycles. The number of fused-ring (bicyclic) bond motifs is 2. The molecule has 4 heterocycles. The summed E-state index contributed by atoms with van der Waals surface area (Å²) in [6.45, 7) is 8.27. The quantitative estimate of drug-likeness (QED) is 0.585. The van der Waals surface area contributed by atoms with Crippen LogP contribution in [0.4, 0.5) is 4.79 Å². The number of aromatic nitrogens is 4. The molecule has 2 N–H and O–H groups in total. The van der Waals surface area contributed by atoms with Crippen molar-refractivity contribution in [2.75, 3.05) is 6.54 Å². The lowest BCUT2D eigenvalue weighted by Gasteiger charge is -2.32. The second-order valence-electron chi connectivity index (χ2n) is 10.3. The van der Waals surface area contributed by atoms with Crippen LogP contribution in [0.1, 0.15) is 50.1 Å². The number of aryl methyl sites for hydroxylation is 1. The van der Waals surface area contributed by atoms with Gasteiger partial charge in [0, 0.05) is 36.3 Å². The van der Waals surface area contributed by atoms with Crippen LogP contribution in [0.15, 0.2) is 30.9 Å². The fraction of sp³-hybridized carbons (Fsp3) is 0.520. The first kappa shape index (κ1) is 23.5. The van der Waals surface area contributed by atoms with Gasteiger partial charge in [0.05, 0.1) is 18.3 Å². The monoisotopic (exact) mass is 481 g/mol. The van der Waals surface area contributed by atoms with E-state index in [0.29, 0.717) is 37.5 Å². The second kappa shape index (κ2) is 8.76. The normalized spacial score (nSPS) is 24.5. The largest absolute Gasteiger partial charge is 0.471 e. The van der Waals surface area contributed by atoms with Crippen LogP contribution in [0.25, 0.3) is 11.0 Å². The lowest BCUT2D eigenvalue weighted by Crippen LogP contribution is -2.40. The van der Waals surface area contributed by atoms with E-state index in [4.69, 9.17) is 9.47 Å². The fourth-order valence-corrected chi connectivity index (χ4v) is 4.89. The van der Waals surface area contributed by atoms with Gasteiger partial charge in [-0.25, -0.2) is 19.7 Å². The van der Waals surface area contributed by atoms with Gasteiger partial charge in [-0.15, -0.1) is 0 Å². The maximum Gasteiger partial charge on any atom is 0.410 e. The van der Waals surface area contributed by atoms with Crippen LogP contribution in [-0.4, -0.2) is 71.2 Å². The topological polar surface area (TPSA) is 123 Å². The first-order valence-electron chi connectivity index (χ1n) is 11.9. The Balaban J connectivity index is 1.37. The first-order valence-corrected chi connectivity index (χ1v) is 11.9. The number of hydrogen-bond acceptors (Lipinski definition) is 8. The molecule has 5 rings (SSSR count). The van der Waals surface area contributed by atoms with Crippen LogP contribution in [-0.2, 0) is 17.7 Å². The van der Waals surface area contributed by atoms with Crippen molar-refractivity contribution >= 4 is 17.1 Å². The highest BCUT2D eigenvalue weighted by Crippen LogP contribution is 2.37. The number of rotatable bonds is 3. The minimum Gasteiger partial charge on any atom is -0.471 e. The zero-order valence-electron chi connectivity index (χ0n) is 20.4. The first-order chi connectivity index (χ1) is 16.6. The summed E-state index contributed by atoms with van der Waals surface area (Å²) in [7, 11) is 0. The summed E-state index contributed by atoms with van der Waals surface area (Å²) >= 11 is 0. The van der Waals surface area contributed by atoms with E-state index < -0.39 is 30.0 Å². The molecular formula is C25H31N5O5. The van der Waals surface area contributed by atoms with E-state index in [-0.39, 0.29) is 6.09 Å². The van der Waals surface area contributed by atoms with E-state index in [2.05, 4.69) is 15.0 Å². The molecule has 0 unspecified atom stereocenters. The molecule has 0 saturated heterocycles. The average molecular weight is 482 g/mol. The Bertz CT molecular complexity index is 1250. The predicted molar refractivity (Wildman–Crippen MR) is 127 cm³/mol. The standard InChI is InChI=1S/C25H31N5O5/c1-14-16-7-10-30(22(16)28-13-27-14)18-11-19(21(32)20(18)31)34-23-17-12-29(24(33)35-25(2,3)4)9-6-15(17)5-8-26-23/h5,7-8,10,13,18-21,31-32H,6,9,11-12H2,1-4H3/t18-,19+,20+,21-/m1/s1. The Kier molecular flexibility index (Phi) is 5.88. The number of hydrogen-bond donors (Lipinski definition) is 2. The second-order valence-corrected chi connectivity index (χ2v) is 10.3. The Morgan fingerprint density at radius 3 is 2.71 bits per heavy atom. The number of ether oxygens (including phenoxy) is 2. The van der Waals surface area contributed by atoms with Crippen LogP contribution >= 0.6 is 0 Å². The summed E-state index contributed by atoms with van der Waals surface area (Å²) in [6.07, 6.45) is 2.85. The molecular weight excluding hydrogens is 450 g/mol. The van der Waals surface area contributed by atoms with Gasteiger partial charge in [-0.2, -0.15) is 0 Å². The summed E-state index contributed by atoms with van der Waals surface area (Å²) in [5.74, 6) is 0.364. The SMILES string of the molecule is Cc1ncnc2c1ccn2[C@@H]1C[C@H](Oc2nccc3c2CN(C(=O)OC(C)(C)C)CC3)[C@@H](O)[C@H]1O. The zero-order valence-corrected chi connectivity index (χ0v) is 20.4. The van der Waals surface area contributed by atoms with E-state index in [0.717, 1.165) is 22.2 Å². The van der Waals surface area contributed by atoms with Crippen molar-refractivity contribution < 1.29 is 24.5 Å². The molecule has 1 fully saturated rings. The van der Waals surface area contributed by atoms with Gasteiger partial charge < -0.3 is 29.2 Å². The van der Waals surface area contributed by atoms with Crippen molar-refractivity contribution in [3.63, 3.8) is 0 Å². The van der Waals surface area contributed by atoms with Gasteiger partial charge in [-0.1, -0.05) is 0 Å². The van der Waals surface area contributed by atoms with E-state index in [1.165, 1.54) is 6.33 Å². The summed E-state index contributed by atoms with van der Waals surface area (Å²) in [5, 5.41) is 22.6. The number of aliphatic hydroxyl groups excluding tert-OH is 2. The number of nitrogens with zero attached hydrogens (tertiary/aromatic N) is 5. The van der Waals surface area contributed by atoms with Crippen molar-refractivity contribution in [2.24, 2.45) is 0 Å². The zero-order chi connectivity index (χ0) is 24.9. The molecule has 35 heavy (non-hydrogen) atoms. The molecule has 3 aromatic heterocycles. The third kappa shape index (κ3) is 4.43. The van der Waals surface area contributed by atoms with Crippen LogP contribution in [0, 0.1) is 6.92 Å². The summed E-state index contributed by atoms with van der Waals surface area (Å²) in [6, 6.07) is 3.42. The van der Waals surface area contributed by atoms with E-state index in [1.54, 1.807) is 11.1 Å². The predicted octanol–water partition coefficient (Wildman–Crippen LogP) is 2.54. The van der Waals surface area contributed by atoms with Crippen molar-refractivity contribution in [3.05, 3.63) is 47.7 Å². The highest BCUT2D eigenvalue weighted by atomic mass is 16.6. The molecule has 1 aliphatic heterocycles. The number of carbonyl (C=O) groups excluding carboxylic acids is 1. The molecule has 0 radical (unpaired) electrons. The molecule has 4 atom stereocenters. The molecule has 10 heteroatoms. The average Bonchev–Trinajstić information content (AvgIpc) is 3.35. The van der Waals surface area contributed by atoms with Crippen LogP contribution < -0.4 is 4.74 Å². The van der Waals surface area contributed by atoms with E-state index in [9.17, 15) is 15.0 Å². The summed E-state index contributed by atoms with van der Waals surface area (Å²) in [4.78, 5) is 27.3. The molecule has 2 aliphatic rings. The Morgan fingerprint density at radius 1 is 1.14 bits per heavy atom. The molecule has 186 valence electrons. The van der Waals surface area contributed by atoms with Gasteiger partial charge in [0.2, 0.25) is 5.88 Å². The lowest BCUT2D eigenvalue weighted by molar-refractivity contribution is -0.0181. The van der Waals surface area contributed by atoms with Crippen LogP contribution in [0.2, 0.25) is 0 Å².